The molecular weight excluding hydrogens is 293 g/mol. The van der Waals surface area contributed by atoms with Crippen molar-refractivity contribution in [2.24, 2.45) is 0 Å². The lowest BCUT2D eigenvalue weighted by molar-refractivity contribution is -0.137. The average Bonchev–Trinajstić information content (AvgIpc) is 2.47. The molecule has 1 heterocycles. The molecule has 1 atom stereocenters. The molecule has 6 heteroatoms. The Kier molecular flexibility index (Phi) is 4.80. The van der Waals surface area contributed by atoms with Crippen molar-refractivity contribution >= 4 is 5.91 Å². The molecule has 22 heavy (non-hydrogen) atoms. The molecule has 2 rings (SSSR count). The summed E-state index contributed by atoms with van der Waals surface area (Å²) in [6.07, 6.45) is -0.446. The first kappa shape index (κ1) is 16.0. The summed E-state index contributed by atoms with van der Waals surface area (Å²) < 4.78 is 37.4. The van der Waals surface area contributed by atoms with Gasteiger partial charge in [-0.3, -0.25) is 9.78 Å². The Hall–Kier alpha value is -2.37. The second-order valence-electron chi connectivity index (χ2n) is 5.01. The summed E-state index contributed by atoms with van der Waals surface area (Å²) in [6, 6.07) is 7.72. The maximum absolute atomic E-state index is 12.5. The standard InChI is InChI=1S/C16H15F3N2O/c1-11(10-12-6-8-20-9-7-12)21-15(22)13-2-4-14(5-3-13)16(17,18)19/h2-9,11H,10H2,1H3,(H,21,22)/t11-/m1/s1. The predicted octanol–water partition coefficient (Wildman–Crippen LogP) is 3.46. The van der Waals surface area contributed by atoms with Crippen molar-refractivity contribution in [1.82, 2.24) is 10.3 Å². The predicted molar refractivity (Wildman–Crippen MR) is 76.3 cm³/mol. The van der Waals surface area contributed by atoms with Crippen LogP contribution in [0.2, 0.25) is 0 Å². The summed E-state index contributed by atoms with van der Waals surface area (Å²) in [4.78, 5) is 15.9. The van der Waals surface area contributed by atoms with Gasteiger partial charge in [0.05, 0.1) is 5.56 Å². The van der Waals surface area contributed by atoms with E-state index in [1.54, 1.807) is 12.4 Å². The normalized spacial score (nSPS) is 12.7. The third kappa shape index (κ3) is 4.31. The van der Waals surface area contributed by atoms with Gasteiger partial charge in [0.1, 0.15) is 0 Å². The minimum Gasteiger partial charge on any atom is -0.349 e. The van der Waals surface area contributed by atoms with E-state index < -0.39 is 17.6 Å². The summed E-state index contributed by atoms with van der Waals surface area (Å²) in [5.74, 6) is -0.393. The van der Waals surface area contributed by atoms with Gasteiger partial charge in [-0.2, -0.15) is 13.2 Å². The lowest BCUT2D eigenvalue weighted by Crippen LogP contribution is -2.34. The summed E-state index contributed by atoms with van der Waals surface area (Å²) in [7, 11) is 0. The van der Waals surface area contributed by atoms with E-state index in [1.807, 2.05) is 19.1 Å². The van der Waals surface area contributed by atoms with Crippen LogP contribution in [0.3, 0.4) is 0 Å². The van der Waals surface area contributed by atoms with Crippen LogP contribution >= 0.6 is 0 Å². The van der Waals surface area contributed by atoms with E-state index in [9.17, 15) is 18.0 Å². The molecule has 3 nitrogen and oxygen atoms in total. The van der Waals surface area contributed by atoms with Crippen molar-refractivity contribution < 1.29 is 18.0 Å². The number of halogens is 3. The highest BCUT2D eigenvalue weighted by Gasteiger charge is 2.30. The van der Waals surface area contributed by atoms with Gasteiger partial charge in [0, 0.05) is 24.0 Å². The molecule has 116 valence electrons. The molecule has 0 unspecified atom stereocenters. The number of rotatable bonds is 4. The average molecular weight is 308 g/mol. The van der Waals surface area contributed by atoms with Crippen LogP contribution in [0.5, 0.6) is 0 Å². The maximum Gasteiger partial charge on any atom is 0.416 e. The van der Waals surface area contributed by atoms with Gasteiger partial charge in [0.15, 0.2) is 0 Å². The first-order valence-electron chi connectivity index (χ1n) is 6.73. The zero-order valence-electron chi connectivity index (χ0n) is 11.9. The summed E-state index contributed by atoms with van der Waals surface area (Å²) in [5.41, 5.74) is 0.457. The Bertz CT molecular complexity index is 624. The van der Waals surface area contributed by atoms with Crippen molar-refractivity contribution in [3.8, 4) is 0 Å². The van der Waals surface area contributed by atoms with E-state index in [0.717, 1.165) is 17.7 Å². The molecule has 1 aromatic heterocycles. The fraction of sp³-hybridized carbons (Fsp3) is 0.250. The molecule has 0 bridgehead atoms. The number of nitrogens with one attached hydrogen (secondary N) is 1. The number of alkyl halides is 3. The number of nitrogens with zero attached hydrogens (tertiary/aromatic N) is 1. The summed E-state index contributed by atoms with van der Waals surface area (Å²) in [6.45, 7) is 1.84. The van der Waals surface area contributed by atoms with Crippen LogP contribution in [-0.4, -0.2) is 16.9 Å². The second-order valence-corrected chi connectivity index (χ2v) is 5.01. The Labute approximate surface area is 126 Å². The van der Waals surface area contributed by atoms with Crippen LogP contribution in [0.4, 0.5) is 13.2 Å². The van der Waals surface area contributed by atoms with Gasteiger partial charge in [-0.1, -0.05) is 0 Å². The highest BCUT2D eigenvalue weighted by molar-refractivity contribution is 5.94. The Morgan fingerprint density at radius 3 is 2.27 bits per heavy atom. The molecule has 0 fully saturated rings. The Morgan fingerprint density at radius 1 is 1.14 bits per heavy atom. The SMILES string of the molecule is C[C@H](Cc1ccncc1)NC(=O)c1ccc(C(F)(F)F)cc1. The lowest BCUT2D eigenvalue weighted by Gasteiger charge is -2.14. The molecule has 0 aliphatic heterocycles. The van der Waals surface area contributed by atoms with Crippen molar-refractivity contribution in [3.05, 3.63) is 65.5 Å². The number of benzene rings is 1. The number of aromatic nitrogens is 1. The van der Waals surface area contributed by atoms with Gasteiger partial charge in [-0.25, -0.2) is 0 Å². The van der Waals surface area contributed by atoms with E-state index >= 15 is 0 Å². The zero-order chi connectivity index (χ0) is 16.2. The number of amides is 1. The van der Waals surface area contributed by atoms with Gasteiger partial charge in [-0.05, 0) is 55.3 Å². The molecule has 0 saturated carbocycles. The summed E-state index contributed by atoms with van der Waals surface area (Å²) in [5, 5.41) is 2.76. The first-order chi connectivity index (χ1) is 10.4. The number of carbonyl (C=O) groups is 1. The van der Waals surface area contributed by atoms with E-state index in [1.165, 1.54) is 12.1 Å². The molecular formula is C16H15F3N2O. The smallest absolute Gasteiger partial charge is 0.349 e. The monoisotopic (exact) mass is 308 g/mol. The lowest BCUT2D eigenvalue weighted by atomic mass is 10.1. The van der Waals surface area contributed by atoms with Crippen molar-refractivity contribution in [2.45, 2.75) is 25.6 Å². The van der Waals surface area contributed by atoms with E-state index in [2.05, 4.69) is 10.3 Å². The van der Waals surface area contributed by atoms with E-state index in [4.69, 9.17) is 0 Å². The second kappa shape index (κ2) is 6.60. The topological polar surface area (TPSA) is 42.0 Å². The third-order valence-corrected chi connectivity index (χ3v) is 3.14. The van der Waals surface area contributed by atoms with Gasteiger partial charge >= 0.3 is 6.18 Å². The van der Waals surface area contributed by atoms with Crippen molar-refractivity contribution in [1.29, 1.82) is 0 Å². The molecule has 0 saturated heterocycles. The van der Waals surface area contributed by atoms with Crippen LogP contribution in [0.1, 0.15) is 28.4 Å². The van der Waals surface area contributed by atoms with Crippen molar-refractivity contribution in [2.75, 3.05) is 0 Å². The molecule has 0 spiro atoms. The van der Waals surface area contributed by atoms with E-state index in [-0.39, 0.29) is 11.6 Å². The first-order valence-corrected chi connectivity index (χ1v) is 6.73. The molecule has 0 aliphatic rings. The molecule has 1 amide bonds. The highest BCUT2D eigenvalue weighted by atomic mass is 19.4. The quantitative estimate of drug-likeness (QED) is 0.940. The van der Waals surface area contributed by atoms with Crippen LogP contribution in [0.25, 0.3) is 0 Å². The Morgan fingerprint density at radius 2 is 1.73 bits per heavy atom. The summed E-state index contributed by atoms with van der Waals surface area (Å²) >= 11 is 0. The third-order valence-electron chi connectivity index (χ3n) is 3.14. The number of pyridine rings is 1. The van der Waals surface area contributed by atoms with Crippen molar-refractivity contribution in [3.63, 3.8) is 0 Å². The highest BCUT2D eigenvalue weighted by Crippen LogP contribution is 2.29. The fourth-order valence-corrected chi connectivity index (χ4v) is 2.04. The van der Waals surface area contributed by atoms with Gasteiger partial charge < -0.3 is 5.32 Å². The molecule has 1 aromatic carbocycles. The zero-order valence-corrected chi connectivity index (χ0v) is 11.9. The molecule has 1 N–H and O–H groups in total. The Balaban J connectivity index is 1.97. The van der Waals surface area contributed by atoms with Crippen LogP contribution in [-0.2, 0) is 12.6 Å². The minimum absolute atomic E-state index is 0.141. The fourth-order valence-electron chi connectivity index (χ4n) is 2.04. The maximum atomic E-state index is 12.5. The van der Waals surface area contributed by atoms with Crippen LogP contribution < -0.4 is 5.32 Å². The molecule has 2 aromatic rings. The molecule has 0 radical (unpaired) electrons. The van der Waals surface area contributed by atoms with Crippen LogP contribution in [0.15, 0.2) is 48.8 Å². The largest absolute Gasteiger partial charge is 0.416 e. The van der Waals surface area contributed by atoms with Gasteiger partial charge in [0.2, 0.25) is 0 Å². The number of hydrogen-bond donors (Lipinski definition) is 1. The number of carbonyl (C=O) groups excluding carboxylic acids is 1. The minimum atomic E-state index is -4.40. The van der Waals surface area contributed by atoms with E-state index in [0.29, 0.717) is 6.42 Å². The van der Waals surface area contributed by atoms with Crippen LogP contribution in [0, 0.1) is 0 Å². The number of hydrogen-bond acceptors (Lipinski definition) is 2. The molecule has 0 aliphatic carbocycles. The van der Waals surface area contributed by atoms with Gasteiger partial charge in [-0.15, -0.1) is 0 Å². The van der Waals surface area contributed by atoms with Gasteiger partial charge in [0.25, 0.3) is 5.91 Å².